The van der Waals surface area contributed by atoms with Gasteiger partial charge < -0.3 is 4.90 Å². The number of nitrogens with zero attached hydrogens (tertiary/aromatic N) is 5. The van der Waals surface area contributed by atoms with Crippen molar-refractivity contribution in [3.8, 4) is 12.0 Å². The van der Waals surface area contributed by atoms with E-state index in [-0.39, 0.29) is 12.5 Å². The lowest BCUT2D eigenvalue weighted by Crippen LogP contribution is -2.24. The first-order valence-electron chi connectivity index (χ1n) is 6.18. The van der Waals surface area contributed by atoms with Gasteiger partial charge in [0.2, 0.25) is 5.82 Å². The van der Waals surface area contributed by atoms with Crippen molar-refractivity contribution in [3.05, 3.63) is 18.1 Å². The van der Waals surface area contributed by atoms with Crippen LogP contribution in [0, 0.1) is 34.4 Å². The summed E-state index contributed by atoms with van der Waals surface area (Å²) in [6.45, 7) is 2.14. The van der Waals surface area contributed by atoms with E-state index >= 15 is 0 Å². The highest BCUT2D eigenvalue weighted by molar-refractivity contribution is 6.67. The van der Waals surface area contributed by atoms with Gasteiger partial charge in [-0.1, -0.05) is 12.6 Å². The molecule has 3 heterocycles. The fraction of sp³-hybridized carbons (Fsp3) is 0.500. The van der Waals surface area contributed by atoms with Gasteiger partial charge in [-0.2, -0.15) is 5.26 Å². The third-order valence-corrected chi connectivity index (χ3v) is 4.00. The van der Waals surface area contributed by atoms with Crippen molar-refractivity contribution in [1.82, 2.24) is 9.97 Å². The first-order chi connectivity index (χ1) is 8.80. The second-order valence-electron chi connectivity index (χ2n) is 5.07. The van der Waals surface area contributed by atoms with Crippen LogP contribution in [0.2, 0.25) is 12.6 Å². The molecule has 2 atom stereocenters. The summed E-state index contributed by atoms with van der Waals surface area (Å²) in [5, 5.41) is 17.8. The fourth-order valence-corrected chi connectivity index (χ4v) is 3.17. The minimum Gasteiger partial charge on any atom is -0.356 e. The summed E-state index contributed by atoms with van der Waals surface area (Å²) in [6.07, 6.45) is 3.65. The van der Waals surface area contributed by atoms with Crippen LogP contribution < -0.4 is 4.90 Å². The molecule has 2 aliphatic heterocycles. The van der Waals surface area contributed by atoms with Crippen molar-refractivity contribution >= 4 is 12.5 Å². The maximum Gasteiger partial charge on any atom is 0.268 e. The largest absolute Gasteiger partial charge is 0.356 e. The maximum absolute atomic E-state index is 8.95. The monoisotopic (exact) mass is 237 g/mol. The summed E-state index contributed by atoms with van der Waals surface area (Å²) in [5.74, 6) is 4.65. The van der Waals surface area contributed by atoms with Crippen molar-refractivity contribution in [3.63, 3.8) is 0 Å². The van der Waals surface area contributed by atoms with E-state index < -0.39 is 0 Å². The van der Waals surface area contributed by atoms with Crippen molar-refractivity contribution in [2.75, 3.05) is 18.0 Å². The van der Waals surface area contributed by atoms with E-state index in [1.165, 1.54) is 0 Å². The molecule has 5 nitrogen and oxygen atoms in total. The number of aromatic nitrogens is 2. The van der Waals surface area contributed by atoms with Crippen molar-refractivity contribution in [2.45, 2.75) is 12.6 Å². The molecule has 0 radical (unpaired) electrons. The van der Waals surface area contributed by atoms with Crippen molar-refractivity contribution in [2.24, 2.45) is 11.8 Å². The van der Waals surface area contributed by atoms with Gasteiger partial charge in [0.05, 0.1) is 0 Å². The molecule has 88 valence electrons. The van der Waals surface area contributed by atoms with Crippen LogP contribution in [0.4, 0.5) is 5.82 Å². The highest BCUT2D eigenvalue weighted by atomic mass is 15.2. The van der Waals surface area contributed by atoms with E-state index in [2.05, 4.69) is 20.8 Å². The quantitative estimate of drug-likeness (QED) is 0.680. The minimum atomic E-state index is 0.222. The lowest BCUT2D eigenvalue weighted by atomic mass is 9.49. The van der Waals surface area contributed by atoms with Crippen LogP contribution in [-0.2, 0) is 0 Å². The molecule has 0 amide bonds. The van der Waals surface area contributed by atoms with Crippen LogP contribution in [0.3, 0.4) is 0 Å². The van der Waals surface area contributed by atoms with Crippen LogP contribution in [0.5, 0.6) is 0 Å². The zero-order valence-corrected chi connectivity index (χ0v) is 9.95. The third-order valence-electron chi connectivity index (χ3n) is 4.00. The zero-order chi connectivity index (χ0) is 12.5. The number of hydrogen-bond acceptors (Lipinski definition) is 5. The van der Waals surface area contributed by atoms with Gasteiger partial charge >= 0.3 is 0 Å². The smallest absolute Gasteiger partial charge is 0.268 e. The lowest BCUT2D eigenvalue weighted by molar-refractivity contribution is 0.525. The van der Waals surface area contributed by atoms with Gasteiger partial charge in [-0.05, 0) is 17.9 Å². The molecule has 18 heavy (non-hydrogen) atoms. The molecule has 2 unspecified atom stereocenters. The second kappa shape index (κ2) is 4.31. The van der Waals surface area contributed by atoms with Gasteiger partial charge in [-0.25, -0.2) is 15.2 Å². The van der Waals surface area contributed by atoms with E-state index in [1.54, 1.807) is 6.20 Å². The molecule has 1 aromatic rings. The van der Waals surface area contributed by atoms with Gasteiger partial charge in [0.15, 0.2) is 0 Å². The lowest BCUT2D eigenvalue weighted by Gasteiger charge is -2.18. The molecule has 2 saturated heterocycles. The van der Waals surface area contributed by atoms with Crippen LogP contribution >= 0.6 is 0 Å². The number of anilines is 1. The minimum absolute atomic E-state index is 0.222. The number of rotatable bonds is 1. The molecule has 3 rings (SSSR count). The molecule has 0 spiro atoms. The maximum atomic E-state index is 8.95. The Kier molecular flexibility index (Phi) is 2.64. The van der Waals surface area contributed by atoms with Gasteiger partial charge in [0.25, 0.3) is 6.71 Å². The van der Waals surface area contributed by atoms with Crippen LogP contribution in [0.1, 0.15) is 5.82 Å². The highest BCUT2D eigenvalue weighted by Crippen LogP contribution is 2.39. The molecular weight excluding hydrogens is 225 g/mol. The number of fused-ring (bicyclic) bond motifs is 1. The summed E-state index contributed by atoms with van der Waals surface area (Å²) >= 11 is 0. The summed E-state index contributed by atoms with van der Waals surface area (Å²) in [6, 6.07) is 3.82. The van der Waals surface area contributed by atoms with Crippen molar-refractivity contribution in [1.29, 1.82) is 10.5 Å². The SMILES string of the molecule is N#CB1CC2CN(c3ccnc(C#N)n3)CC2C1. The Hall–Kier alpha value is -2.08. The first-order valence-corrected chi connectivity index (χ1v) is 6.18. The Balaban J connectivity index is 1.74. The van der Waals surface area contributed by atoms with Crippen LogP contribution in [-0.4, -0.2) is 29.8 Å². The third kappa shape index (κ3) is 1.80. The fourth-order valence-electron chi connectivity index (χ4n) is 3.17. The van der Waals surface area contributed by atoms with Crippen molar-refractivity contribution < 1.29 is 0 Å². The van der Waals surface area contributed by atoms with Gasteiger partial charge in [-0.15, -0.1) is 0 Å². The predicted molar refractivity (Wildman–Crippen MR) is 66.9 cm³/mol. The average Bonchev–Trinajstić information content (AvgIpc) is 2.96. The topological polar surface area (TPSA) is 76.6 Å². The Bertz CT molecular complexity index is 532. The summed E-state index contributed by atoms with van der Waals surface area (Å²) in [4.78, 5) is 10.3. The normalized spacial score (nSPS) is 25.7. The summed E-state index contributed by atoms with van der Waals surface area (Å²) in [5.41, 5.74) is 0. The average molecular weight is 237 g/mol. The Morgan fingerprint density at radius 1 is 1.28 bits per heavy atom. The molecule has 6 heteroatoms. The molecule has 0 saturated carbocycles. The van der Waals surface area contributed by atoms with E-state index in [0.29, 0.717) is 11.8 Å². The van der Waals surface area contributed by atoms with Crippen LogP contribution in [0.25, 0.3) is 0 Å². The standard InChI is InChI=1S/C12H12BN5/c14-5-11-16-2-1-12(17-11)18-6-9-3-13(8-15)4-10(9)7-18/h1-2,9-10H,3-4,6-7H2. The Morgan fingerprint density at radius 3 is 2.61 bits per heavy atom. The van der Waals surface area contributed by atoms with E-state index in [0.717, 1.165) is 31.5 Å². The van der Waals surface area contributed by atoms with E-state index in [4.69, 9.17) is 10.5 Å². The summed E-state index contributed by atoms with van der Waals surface area (Å²) in [7, 11) is 0. The molecule has 0 bridgehead atoms. The zero-order valence-electron chi connectivity index (χ0n) is 9.95. The summed E-state index contributed by atoms with van der Waals surface area (Å²) < 4.78 is 0. The van der Waals surface area contributed by atoms with E-state index in [9.17, 15) is 0 Å². The van der Waals surface area contributed by atoms with Gasteiger partial charge in [0.1, 0.15) is 11.9 Å². The molecule has 0 N–H and O–H groups in total. The number of hydrogen-bond donors (Lipinski definition) is 0. The van der Waals surface area contributed by atoms with Crippen LogP contribution in [0.15, 0.2) is 12.3 Å². The van der Waals surface area contributed by atoms with Gasteiger partial charge in [-0.3, -0.25) is 0 Å². The predicted octanol–water partition coefficient (Wildman–Crippen LogP) is 0.972. The second-order valence-corrected chi connectivity index (χ2v) is 5.07. The Labute approximate surface area is 106 Å². The molecule has 0 aliphatic carbocycles. The molecule has 0 aromatic carbocycles. The van der Waals surface area contributed by atoms with E-state index in [1.807, 2.05) is 12.1 Å². The molecule has 2 aliphatic rings. The number of nitriles is 2. The Morgan fingerprint density at radius 2 is 2.00 bits per heavy atom. The first kappa shape index (κ1) is 11.0. The molecular formula is C12H12BN5. The molecule has 2 fully saturated rings. The van der Waals surface area contributed by atoms with Gasteiger partial charge in [0, 0.05) is 25.3 Å². The highest BCUT2D eigenvalue weighted by Gasteiger charge is 2.43. The molecule has 1 aromatic heterocycles.